The van der Waals surface area contributed by atoms with E-state index in [2.05, 4.69) is 29.1 Å². The molecule has 0 aromatic rings. The molecule has 2 aliphatic heterocycles. The van der Waals surface area contributed by atoms with Crippen molar-refractivity contribution in [3.63, 3.8) is 0 Å². The maximum absolute atomic E-state index is 4.34. The Labute approximate surface area is 67.7 Å². The Morgan fingerprint density at radius 2 is 1.60 bits per heavy atom. The fourth-order valence-corrected chi connectivity index (χ4v) is 2.62. The number of hydrogen-bond acceptors (Lipinski definition) is 3. The van der Waals surface area contributed by atoms with Gasteiger partial charge in [-0.3, -0.25) is 4.31 Å². The molecule has 0 bridgehead atoms. The van der Waals surface area contributed by atoms with Crippen molar-refractivity contribution < 1.29 is 0 Å². The Balaban J connectivity index is 2.00. The summed E-state index contributed by atoms with van der Waals surface area (Å²) in [6.07, 6.45) is 0. The van der Waals surface area contributed by atoms with Crippen LogP contribution in [0.25, 0.3) is 0 Å². The molecule has 2 saturated heterocycles. The zero-order valence-corrected chi connectivity index (χ0v) is 7.22. The van der Waals surface area contributed by atoms with Crippen LogP contribution in [0.4, 0.5) is 0 Å². The molecule has 10 heavy (non-hydrogen) atoms. The van der Waals surface area contributed by atoms with Crippen LogP contribution in [0.1, 0.15) is 0 Å². The molecule has 0 aromatic carbocycles. The summed E-state index contributed by atoms with van der Waals surface area (Å²) in [7, 11) is 2.21. The lowest BCUT2D eigenvalue weighted by Gasteiger charge is -2.12. The second-order valence-electron chi connectivity index (χ2n) is 3.61. The molecule has 3 heteroatoms. The van der Waals surface area contributed by atoms with E-state index in [1.54, 1.807) is 0 Å². The van der Waals surface area contributed by atoms with Crippen LogP contribution in [-0.2, 0) is 0 Å². The first-order valence-corrected chi connectivity index (χ1v) is 4.28. The summed E-state index contributed by atoms with van der Waals surface area (Å²) in [4.78, 5) is 2.43. The van der Waals surface area contributed by atoms with E-state index < -0.39 is 0 Å². The summed E-state index contributed by atoms with van der Waals surface area (Å²) in [6, 6.07) is 0. The van der Waals surface area contributed by atoms with Gasteiger partial charge in [-0.2, -0.15) is 0 Å². The maximum Gasteiger partial charge on any atom is 0.0131 e. The van der Waals surface area contributed by atoms with Crippen molar-refractivity contribution >= 4 is 12.8 Å². The highest BCUT2D eigenvalue weighted by molar-refractivity contribution is 7.77. The fourth-order valence-electron chi connectivity index (χ4n) is 2.20. The lowest BCUT2D eigenvalue weighted by atomic mass is 10.0. The minimum Gasteiger partial charge on any atom is -0.306 e. The van der Waals surface area contributed by atoms with Gasteiger partial charge in [-0.05, 0) is 18.9 Å². The van der Waals surface area contributed by atoms with Crippen LogP contribution in [0.3, 0.4) is 0 Å². The largest absolute Gasteiger partial charge is 0.306 e. The van der Waals surface area contributed by atoms with E-state index in [1.807, 2.05) is 0 Å². The van der Waals surface area contributed by atoms with Gasteiger partial charge in [0.2, 0.25) is 0 Å². The van der Waals surface area contributed by atoms with E-state index in [-0.39, 0.29) is 0 Å². The quantitative estimate of drug-likeness (QED) is 0.507. The molecular weight excluding hydrogens is 144 g/mol. The van der Waals surface area contributed by atoms with E-state index >= 15 is 0 Å². The summed E-state index contributed by atoms with van der Waals surface area (Å²) < 4.78 is 2.16. The number of likely N-dealkylation sites (tertiary alicyclic amines) is 1. The van der Waals surface area contributed by atoms with Crippen molar-refractivity contribution in [3.05, 3.63) is 0 Å². The van der Waals surface area contributed by atoms with Gasteiger partial charge < -0.3 is 4.90 Å². The van der Waals surface area contributed by atoms with Crippen LogP contribution in [-0.4, -0.2) is 42.4 Å². The monoisotopic (exact) mass is 158 g/mol. The van der Waals surface area contributed by atoms with Gasteiger partial charge in [0.25, 0.3) is 0 Å². The van der Waals surface area contributed by atoms with E-state index in [4.69, 9.17) is 0 Å². The second-order valence-corrected chi connectivity index (χ2v) is 4.18. The molecule has 2 fully saturated rings. The zero-order valence-electron chi connectivity index (χ0n) is 6.32. The minimum atomic E-state index is 0.905. The maximum atomic E-state index is 4.34. The molecule has 2 nitrogen and oxygen atoms in total. The van der Waals surface area contributed by atoms with Gasteiger partial charge >= 0.3 is 0 Å². The second kappa shape index (κ2) is 2.40. The highest BCUT2D eigenvalue weighted by Gasteiger charge is 2.37. The van der Waals surface area contributed by atoms with Gasteiger partial charge in [0, 0.05) is 26.2 Å². The average molecular weight is 158 g/mol. The first kappa shape index (κ1) is 6.95. The first-order valence-electron chi connectivity index (χ1n) is 3.88. The van der Waals surface area contributed by atoms with Crippen LogP contribution in [0.5, 0.6) is 0 Å². The van der Waals surface area contributed by atoms with Crippen molar-refractivity contribution in [1.29, 1.82) is 0 Å². The lowest BCUT2D eigenvalue weighted by Crippen LogP contribution is -2.20. The normalized spacial score (nSPS) is 42.6. The van der Waals surface area contributed by atoms with Crippen molar-refractivity contribution in [2.75, 3.05) is 33.2 Å². The number of nitrogens with zero attached hydrogens (tertiary/aromatic N) is 2. The highest BCUT2D eigenvalue weighted by atomic mass is 32.1. The smallest absolute Gasteiger partial charge is 0.0131 e. The van der Waals surface area contributed by atoms with Gasteiger partial charge in [-0.25, -0.2) is 0 Å². The Bertz CT molecular complexity index is 112. The SMILES string of the molecule is CN1C[C@@H]2CN(S)C[C@@H]2C1. The number of rotatable bonds is 0. The topological polar surface area (TPSA) is 6.48 Å². The molecule has 0 aromatic heterocycles. The molecule has 0 amide bonds. The summed E-state index contributed by atoms with van der Waals surface area (Å²) in [6.45, 7) is 4.94. The number of fused-ring (bicyclic) bond motifs is 1. The van der Waals surface area contributed by atoms with E-state index in [0.717, 1.165) is 11.8 Å². The van der Waals surface area contributed by atoms with Crippen LogP contribution in [0.2, 0.25) is 0 Å². The molecule has 0 spiro atoms. The summed E-state index contributed by atoms with van der Waals surface area (Å²) in [5, 5.41) is 0. The van der Waals surface area contributed by atoms with E-state index in [0.29, 0.717) is 0 Å². The molecule has 2 rings (SSSR count). The Hall–Kier alpha value is 0.270. The van der Waals surface area contributed by atoms with Crippen molar-refractivity contribution in [1.82, 2.24) is 9.21 Å². The third-order valence-electron chi connectivity index (χ3n) is 2.65. The minimum absolute atomic E-state index is 0.905. The van der Waals surface area contributed by atoms with Crippen molar-refractivity contribution in [2.45, 2.75) is 0 Å². The average Bonchev–Trinajstić information content (AvgIpc) is 2.21. The highest BCUT2D eigenvalue weighted by Crippen LogP contribution is 2.30. The fraction of sp³-hybridized carbons (Fsp3) is 1.00. The van der Waals surface area contributed by atoms with Gasteiger partial charge in [0.15, 0.2) is 0 Å². The summed E-state index contributed by atoms with van der Waals surface area (Å²) in [5.74, 6) is 1.81. The molecule has 0 radical (unpaired) electrons. The van der Waals surface area contributed by atoms with Crippen LogP contribution in [0, 0.1) is 11.8 Å². The van der Waals surface area contributed by atoms with Gasteiger partial charge in [0.05, 0.1) is 0 Å². The predicted octanol–water partition coefficient (Wildman–Crippen LogP) is 0.325. The molecule has 2 atom stereocenters. The number of thiol groups is 1. The molecule has 2 aliphatic rings. The Morgan fingerprint density at radius 3 is 2.10 bits per heavy atom. The molecule has 0 N–H and O–H groups in total. The molecule has 0 unspecified atom stereocenters. The van der Waals surface area contributed by atoms with Gasteiger partial charge in [-0.1, -0.05) is 12.8 Å². The molecule has 0 aliphatic carbocycles. The van der Waals surface area contributed by atoms with E-state index in [9.17, 15) is 0 Å². The van der Waals surface area contributed by atoms with Crippen LogP contribution < -0.4 is 0 Å². The van der Waals surface area contributed by atoms with Crippen LogP contribution in [0.15, 0.2) is 0 Å². The van der Waals surface area contributed by atoms with E-state index in [1.165, 1.54) is 26.2 Å². The summed E-state index contributed by atoms with van der Waals surface area (Å²) >= 11 is 4.34. The van der Waals surface area contributed by atoms with Crippen LogP contribution >= 0.6 is 12.8 Å². The Morgan fingerprint density at radius 1 is 1.10 bits per heavy atom. The molecule has 58 valence electrons. The van der Waals surface area contributed by atoms with Crippen molar-refractivity contribution in [2.24, 2.45) is 11.8 Å². The molecular formula is C7H14N2S. The van der Waals surface area contributed by atoms with Gasteiger partial charge in [0.1, 0.15) is 0 Å². The summed E-state index contributed by atoms with van der Waals surface area (Å²) in [5.41, 5.74) is 0. The zero-order chi connectivity index (χ0) is 7.14. The predicted molar refractivity (Wildman–Crippen MR) is 45.0 cm³/mol. The first-order chi connectivity index (χ1) is 4.75. The van der Waals surface area contributed by atoms with Gasteiger partial charge in [-0.15, -0.1) is 0 Å². The lowest BCUT2D eigenvalue weighted by molar-refractivity contribution is 0.361. The Kier molecular flexibility index (Phi) is 1.66. The third-order valence-corrected chi connectivity index (χ3v) is 2.98. The molecule has 2 heterocycles. The number of hydrogen-bond donors (Lipinski definition) is 1. The molecule has 0 saturated carbocycles. The standard InChI is InChI=1S/C7H14N2S/c1-8-2-6-4-9(10)5-7(6)3-8/h6-7,10H,2-5H2,1H3/t6-,7+. The third kappa shape index (κ3) is 1.06. The van der Waals surface area contributed by atoms with Crippen molar-refractivity contribution in [3.8, 4) is 0 Å².